The molecule has 0 bridgehead atoms. The standard InChI is InChI=1S/C18H20N4O3/c1-14-6-8-15(9-7-14)19-18(23)21-12-10-20(11-13-21)16-4-2-3-5-17(16)22(24)25/h2-9H,10-13H2,1H3,(H,19,23). The van der Waals surface area contributed by atoms with Crippen molar-refractivity contribution in [1.29, 1.82) is 0 Å². The third-order valence-corrected chi connectivity index (χ3v) is 4.29. The van der Waals surface area contributed by atoms with E-state index in [1.807, 2.05) is 36.1 Å². The molecular weight excluding hydrogens is 320 g/mol. The van der Waals surface area contributed by atoms with Crippen molar-refractivity contribution in [3.63, 3.8) is 0 Å². The quantitative estimate of drug-likeness (QED) is 0.687. The first-order valence-electron chi connectivity index (χ1n) is 8.15. The lowest BCUT2D eigenvalue weighted by Gasteiger charge is -2.35. The molecule has 0 radical (unpaired) electrons. The zero-order chi connectivity index (χ0) is 17.8. The van der Waals surface area contributed by atoms with E-state index in [1.54, 1.807) is 23.1 Å². The van der Waals surface area contributed by atoms with E-state index in [0.717, 1.165) is 11.3 Å². The van der Waals surface area contributed by atoms with Crippen LogP contribution in [0.2, 0.25) is 0 Å². The Hall–Kier alpha value is -3.09. The maximum atomic E-state index is 12.4. The van der Waals surface area contributed by atoms with Gasteiger partial charge >= 0.3 is 6.03 Å². The van der Waals surface area contributed by atoms with Gasteiger partial charge in [0.1, 0.15) is 5.69 Å². The fraction of sp³-hybridized carbons (Fsp3) is 0.278. The van der Waals surface area contributed by atoms with Gasteiger partial charge in [0.2, 0.25) is 0 Å². The fourth-order valence-electron chi connectivity index (χ4n) is 2.88. The normalized spacial score (nSPS) is 14.3. The molecule has 1 saturated heterocycles. The smallest absolute Gasteiger partial charge is 0.321 e. The number of nitro groups is 1. The van der Waals surface area contributed by atoms with Crippen LogP contribution in [0.25, 0.3) is 0 Å². The Balaban J connectivity index is 1.61. The maximum Gasteiger partial charge on any atom is 0.321 e. The second-order valence-corrected chi connectivity index (χ2v) is 6.02. The van der Waals surface area contributed by atoms with Crippen molar-refractivity contribution >= 4 is 23.1 Å². The minimum absolute atomic E-state index is 0.0973. The number of benzene rings is 2. The first-order valence-corrected chi connectivity index (χ1v) is 8.15. The van der Waals surface area contributed by atoms with Crippen LogP contribution in [-0.2, 0) is 0 Å². The molecule has 1 heterocycles. The number of nitrogens with one attached hydrogen (secondary N) is 1. The van der Waals surface area contributed by atoms with Crippen molar-refractivity contribution in [2.24, 2.45) is 0 Å². The Labute approximate surface area is 146 Å². The zero-order valence-corrected chi connectivity index (χ0v) is 14.0. The van der Waals surface area contributed by atoms with Gasteiger partial charge in [-0.2, -0.15) is 0 Å². The Morgan fingerprint density at radius 3 is 2.32 bits per heavy atom. The lowest BCUT2D eigenvalue weighted by molar-refractivity contribution is -0.384. The summed E-state index contributed by atoms with van der Waals surface area (Å²) in [5, 5.41) is 14.1. The van der Waals surface area contributed by atoms with Crippen LogP contribution in [-0.4, -0.2) is 42.0 Å². The average Bonchev–Trinajstić information content (AvgIpc) is 2.63. The van der Waals surface area contributed by atoms with E-state index in [2.05, 4.69) is 5.32 Å². The number of hydrogen-bond donors (Lipinski definition) is 1. The number of nitrogens with zero attached hydrogens (tertiary/aromatic N) is 3. The van der Waals surface area contributed by atoms with Crippen LogP contribution in [0.3, 0.4) is 0 Å². The summed E-state index contributed by atoms with van der Waals surface area (Å²) in [6, 6.07) is 14.2. The summed E-state index contributed by atoms with van der Waals surface area (Å²) in [7, 11) is 0. The molecule has 0 unspecified atom stereocenters. The first kappa shape index (κ1) is 16.8. The highest BCUT2D eigenvalue weighted by Crippen LogP contribution is 2.28. The van der Waals surface area contributed by atoms with Crippen molar-refractivity contribution in [2.45, 2.75) is 6.92 Å². The molecule has 0 atom stereocenters. The molecule has 0 aliphatic carbocycles. The van der Waals surface area contributed by atoms with Gasteiger partial charge in [-0.05, 0) is 25.1 Å². The molecule has 2 amide bonds. The van der Waals surface area contributed by atoms with E-state index >= 15 is 0 Å². The summed E-state index contributed by atoms with van der Waals surface area (Å²) in [6.07, 6.45) is 0. The van der Waals surface area contributed by atoms with Gasteiger partial charge in [-0.25, -0.2) is 4.79 Å². The number of piperazine rings is 1. The molecule has 3 rings (SSSR count). The Morgan fingerprint density at radius 2 is 1.68 bits per heavy atom. The SMILES string of the molecule is Cc1ccc(NC(=O)N2CCN(c3ccccc3[N+](=O)[O-])CC2)cc1. The summed E-state index contributed by atoms with van der Waals surface area (Å²) in [4.78, 5) is 26.8. The van der Waals surface area contributed by atoms with Gasteiger partial charge in [-0.15, -0.1) is 0 Å². The van der Waals surface area contributed by atoms with Gasteiger partial charge in [0, 0.05) is 37.9 Å². The molecule has 130 valence electrons. The number of para-hydroxylation sites is 2. The van der Waals surface area contributed by atoms with E-state index in [0.29, 0.717) is 31.9 Å². The topological polar surface area (TPSA) is 78.7 Å². The molecule has 2 aromatic rings. The molecule has 2 aromatic carbocycles. The van der Waals surface area contributed by atoms with Gasteiger partial charge in [0.05, 0.1) is 4.92 Å². The molecule has 25 heavy (non-hydrogen) atoms. The van der Waals surface area contributed by atoms with Crippen molar-refractivity contribution in [2.75, 3.05) is 36.4 Å². The van der Waals surface area contributed by atoms with Crippen LogP contribution >= 0.6 is 0 Å². The fourth-order valence-corrected chi connectivity index (χ4v) is 2.88. The van der Waals surface area contributed by atoms with Gasteiger partial charge in [0.25, 0.3) is 5.69 Å². The number of amides is 2. The van der Waals surface area contributed by atoms with Gasteiger partial charge in [-0.1, -0.05) is 29.8 Å². The molecule has 1 N–H and O–H groups in total. The van der Waals surface area contributed by atoms with E-state index in [1.165, 1.54) is 6.07 Å². The van der Waals surface area contributed by atoms with Crippen molar-refractivity contribution in [1.82, 2.24) is 4.90 Å². The minimum atomic E-state index is -0.369. The number of carbonyl (C=O) groups is 1. The number of nitro benzene ring substituents is 1. The Bertz CT molecular complexity index is 768. The molecule has 1 aliphatic rings. The minimum Gasteiger partial charge on any atom is -0.362 e. The molecule has 0 aromatic heterocycles. The van der Waals surface area contributed by atoms with E-state index in [9.17, 15) is 14.9 Å². The highest BCUT2D eigenvalue weighted by atomic mass is 16.6. The summed E-state index contributed by atoms with van der Waals surface area (Å²) in [6.45, 7) is 4.15. The number of urea groups is 1. The molecule has 1 aliphatic heterocycles. The molecule has 7 nitrogen and oxygen atoms in total. The summed E-state index contributed by atoms with van der Waals surface area (Å²) >= 11 is 0. The van der Waals surface area contributed by atoms with Crippen LogP contribution in [0.15, 0.2) is 48.5 Å². The number of carbonyl (C=O) groups excluding carboxylic acids is 1. The summed E-state index contributed by atoms with van der Waals surface area (Å²) in [5.41, 5.74) is 2.60. The maximum absolute atomic E-state index is 12.4. The second kappa shape index (κ2) is 7.21. The molecule has 0 saturated carbocycles. The Morgan fingerprint density at radius 1 is 1.04 bits per heavy atom. The highest BCUT2D eigenvalue weighted by molar-refractivity contribution is 5.89. The number of anilines is 2. The summed E-state index contributed by atoms with van der Waals surface area (Å²) in [5.74, 6) is 0. The molecular formula is C18H20N4O3. The number of aryl methyl sites for hydroxylation is 1. The monoisotopic (exact) mass is 340 g/mol. The average molecular weight is 340 g/mol. The molecule has 0 spiro atoms. The van der Waals surface area contributed by atoms with Crippen LogP contribution in [0.5, 0.6) is 0 Å². The third kappa shape index (κ3) is 3.88. The van der Waals surface area contributed by atoms with E-state index < -0.39 is 0 Å². The lowest BCUT2D eigenvalue weighted by Crippen LogP contribution is -2.50. The van der Waals surface area contributed by atoms with Crippen LogP contribution in [0, 0.1) is 17.0 Å². The lowest BCUT2D eigenvalue weighted by atomic mass is 10.2. The predicted molar refractivity (Wildman–Crippen MR) is 97.1 cm³/mol. The van der Waals surface area contributed by atoms with Crippen LogP contribution in [0.1, 0.15) is 5.56 Å². The number of hydrogen-bond acceptors (Lipinski definition) is 4. The second-order valence-electron chi connectivity index (χ2n) is 6.02. The van der Waals surface area contributed by atoms with E-state index in [-0.39, 0.29) is 16.6 Å². The van der Waals surface area contributed by atoms with Crippen molar-refractivity contribution in [3.05, 3.63) is 64.2 Å². The molecule has 7 heteroatoms. The number of rotatable bonds is 3. The third-order valence-electron chi connectivity index (χ3n) is 4.29. The van der Waals surface area contributed by atoms with Crippen LogP contribution in [0.4, 0.5) is 21.9 Å². The van der Waals surface area contributed by atoms with Crippen molar-refractivity contribution < 1.29 is 9.72 Å². The highest BCUT2D eigenvalue weighted by Gasteiger charge is 2.25. The predicted octanol–water partition coefficient (Wildman–Crippen LogP) is 3.26. The molecule has 1 fully saturated rings. The van der Waals surface area contributed by atoms with Gasteiger partial charge in [0.15, 0.2) is 0 Å². The van der Waals surface area contributed by atoms with Crippen molar-refractivity contribution in [3.8, 4) is 0 Å². The van der Waals surface area contributed by atoms with Gasteiger partial charge < -0.3 is 15.1 Å². The van der Waals surface area contributed by atoms with Crippen LogP contribution < -0.4 is 10.2 Å². The summed E-state index contributed by atoms with van der Waals surface area (Å²) < 4.78 is 0. The van der Waals surface area contributed by atoms with E-state index in [4.69, 9.17) is 0 Å². The van der Waals surface area contributed by atoms with Gasteiger partial charge in [-0.3, -0.25) is 10.1 Å². The Kier molecular flexibility index (Phi) is 4.83. The largest absolute Gasteiger partial charge is 0.362 e. The zero-order valence-electron chi connectivity index (χ0n) is 14.0. The first-order chi connectivity index (χ1) is 12.0.